The fourth-order valence-electron chi connectivity index (χ4n) is 3.41. The molecule has 0 bridgehead atoms. The van der Waals surface area contributed by atoms with Gasteiger partial charge in [-0.05, 0) is 30.3 Å². The van der Waals surface area contributed by atoms with Gasteiger partial charge in [-0.25, -0.2) is 4.98 Å². The summed E-state index contributed by atoms with van der Waals surface area (Å²) >= 11 is 6.16. The molecule has 10 heteroatoms. The van der Waals surface area contributed by atoms with E-state index in [0.717, 1.165) is 5.56 Å². The normalized spacial score (nSPS) is 14.6. The lowest BCUT2D eigenvalue weighted by Gasteiger charge is -2.27. The third-order valence-electron chi connectivity index (χ3n) is 4.89. The topological polar surface area (TPSA) is 71.4 Å². The van der Waals surface area contributed by atoms with Gasteiger partial charge in [-0.1, -0.05) is 11.6 Å². The Morgan fingerprint density at radius 3 is 2.80 bits per heavy atom. The highest BCUT2D eigenvalue weighted by Crippen LogP contribution is 2.32. The summed E-state index contributed by atoms with van der Waals surface area (Å²) < 4.78 is 49.6. The van der Waals surface area contributed by atoms with E-state index >= 15 is 0 Å². The van der Waals surface area contributed by atoms with Gasteiger partial charge in [0, 0.05) is 25.1 Å². The maximum atomic E-state index is 12.8. The van der Waals surface area contributed by atoms with Crippen molar-refractivity contribution in [3.63, 3.8) is 0 Å². The summed E-state index contributed by atoms with van der Waals surface area (Å²) in [5.74, 6) is 0.596. The molecule has 1 aliphatic rings. The Balaban J connectivity index is 1.50. The maximum absolute atomic E-state index is 12.8. The van der Waals surface area contributed by atoms with E-state index < -0.39 is 17.6 Å². The van der Waals surface area contributed by atoms with Crippen molar-refractivity contribution in [2.75, 3.05) is 13.7 Å². The van der Waals surface area contributed by atoms with Crippen LogP contribution in [0.2, 0.25) is 5.02 Å². The van der Waals surface area contributed by atoms with E-state index in [9.17, 15) is 18.0 Å². The number of methoxy groups -OCH3 is 1. The molecule has 1 aliphatic heterocycles. The first-order valence-electron chi connectivity index (χ1n) is 9.09. The smallest absolute Gasteiger partial charge is 0.449 e. The molecule has 0 saturated heterocycles. The average Bonchev–Trinajstić information content (AvgIpc) is 3.16. The lowest BCUT2D eigenvalue weighted by molar-refractivity contribution is -0.145. The summed E-state index contributed by atoms with van der Waals surface area (Å²) in [6, 6.07) is 8.95. The van der Waals surface area contributed by atoms with E-state index in [2.05, 4.69) is 4.98 Å². The molecule has 0 spiro atoms. The maximum Gasteiger partial charge on any atom is 0.449 e. The lowest BCUT2D eigenvalue weighted by Crippen LogP contribution is -2.36. The molecular formula is C20H17ClF3N3O3. The molecule has 0 aliphatic carbocycles. The second-order valence-corrected chi connectivity index (χ2v) is 7.32. The molecule has 0 unspecified atom stereocenters. The average molecular weight is 440 g/mol. The Labute approximate surface area is 174 Å². The second kappa shape index (κ2) is 7.81. The van der Waals surface area contributed by atoms with E-state index in [1.807, 2.05) is 28.1 Å². The van der Waals surface area contributed by atoms with Crippen LogP contribution in [0.25, 0.3) is 11.3 Å². The third-order valence-corrected chi connectivity index (χ3v) is 5.19. The second-order valence-electron chi connectivity index (χ2n) is 6.91. The number of ether oxygens (including phenoxy) is 1. The van der Waals surface area contributed by atoms with Gasteiger partial charge >= 0.3 is 6.18 Å². The molecule has 30 heavy (non-hydrogen) atoms. The number of hydrogen-bond donors (Lipinski definition) is 1. The molecule has 2 aromatic heterocycles. The molecule has 1 aromatic carbocycles. The Morgan fingerprint density at radius 1 is 1.30 bits per heavy atom. The summed E-state index contributed by atoms with van der Waals surface area (Å²) in [6.45, 7) is 1.06. The van der Waals surface area contributed by atoms with E-state index in [4.69, 9.17) is 20.8 Å². The standard InChI is InChI=1S/C20H17ClF3N3O3/c1-29-17-4-2-11(8-14(17)21)16-5-3-12(30-16)9-27-7-6-15-13(10-27)18(28)26-19(25-15)20(22,23)24/h2-5,8H,6-7,9-10H2,1H3,(H,25,26,28). The van der Waals surface area contributed by atoms with Gasteiger partial charge < -0.3 is 14.1 Å². The molecule has 3 heterocycles. The highest BCUT2D eigenvalue weighted by Gasteiger charge is 2.36. The number of H-pyrrole nitrogens is 1. The SMILES string of the molecule is COc1ccc(-c2ccc(CN3CCc4nc(C(F)(F)F)[nH]c(=O)c4C3)o2)cc1Cl. The van der Waals surface area contributed by atoms with Crippen LogP contribution >= 0.6 is 11.6 Å². The number of hydrogen-bond acceptors (Lipinski definition) is 5. The molecule has 0 atom stereocenters. The van der Waals surface area contributed by atoms with Crippen LogP contribution in [0.5, 0.6) is 5.75 Å². The van der Waals surface area contributed by atoms with Gasteiger partial charge in [-0.15, -0.1) is 0 Å². The molecule has 158 valence electrons. The first-order valence-corrected chi connectivity index (χ1v) is 9.46. The largest absolute Gasteiger partial charge is 0.495 e. The van der Waals surface area contributed by atoms with Crippen LogP contribution in [0.3, 0.4) is 0 Å². The van der Waals surface area contributed by atoms with Crippen LogP contribution in [-0.4, -0.2) is 28.5 Å². The summed E-state index contributed by atoms with van der Waals surface area (Å²) in [5.41, 5.74) is 0.472. The number of alkyl halides is 3. The molecule has 0 radical (unpaired) electrons. The summed E-state index contributed by atoms with van der Waals surface area (Å²) in [4.78, 5) is 19.5. The fraction of sp³-hybridized carbons (Fsp3) is 0.300. The zero-order chi connectivity index (χ0) is 21.5. The van der Waals surface area contributed by atoms with E-state index in [1.54, 1.807) is 12.1 Å². The zero-order valence-corrected chi connectivity index (χ0v) is 16.6. The van der Waals surface area contributed by atoms with Crippen molar-refractivity contribution in [2.24, 2.45) is 0 Å². The highest BCUT2D eigenvalue weighted by atomic mass is 35.5. The Morgan fingerprint density at radius 2 is 2.10 bits per heavy atom. The number of aromatic nitrogens is 2. The number of furan rings is 1. The van der Waals surface area contributed by atoms with Crippen LogP contribution < -0.4 is 10.3 Å². The molecule has 6 nitrogen and oxygen atoms in total. The number of benzene rings is 1. The number of nitrogens with zero attached hydrogens (tertiary/aromatic N) is 2. The number of aromatic amines is 1. The van der Waals surface area contributed by atoms with E-state index in [-0.39, 0.29) is 24.2 Å². The van der Waals surface area contributed by atoms with Gasteiger partial charge in [0.1, 0.15) is 17.3 Å². The highest BCUT2D eigenvalue weighted by molar-refractivity contribution is 6.32. The first kappa shape index (κ1) is 20.5. The number of fused-ring (bicyclic) bond motifs is 1. The molecule has 4 rings (SSSR count). The van der Waals surface area contributed by atoms with E-state index in [0.29, 0.717) is 35.4 Å². The summed E-state index contributed by atoms with van der Waals surface area (Å²) in [6.07, 6.45) is -4.43. The number of nitrogens with one attached hydrogen (secondary N) is 1. The minimum absolute atomic E-state index is 0.190. The van der Waals surface area contributed by atoms with Crippen LogP contribution in [-0.2, 0) is 25.7 Å². The van der Waals surface area contributed by atoms with Crippen LogP contribution in [0.4, 0.5) is 13.2 Å². The monoisotopic (exact) mass is 439 g/mol. The van der Waals surface area contributed by atoms with Crippen LogP contribution in [0.1, 0.15) is 22.8 Å². The van der Waals surface area contributed by atoms with Crippen molar-refractivity contribution < 1.29 is 22.3 Å². The van der Waals surface area contributed by atoms with Crippen LogP contribution in [0.15, 0.2) is 39.5 Å². The molecular weight excluding hydrogens is 423 g/mol. The van der Waals surface area contributed by atoms with Crippen molar-refractivity contribution in [2.45, 2.75) is 25.7 Å². The predicted molar refractivity (Wildman–Crippen MR) is 103 cm³/mol. The quantitative estimate of drug-likeness (QED) is 0.657. The van der Waals surface area contributed by atoms with Crippen molar-refractivity contribution in [1.29, 1.82) is 0 Å². The third kappa shape index (κ3) is 4.08. The van der Waals surface area contributed by atoms with Crippen molar-refractivity contribution in [1.82, 2.24) is 14.9 Å². The zero-order valence-electron chi connectivity index (χ0n) is 15.8. The molecule has 3 aromatic rings. The molecule has 0 saturated carbocycles. The summed E-state index contributed by atoms with van der Waals surface area (Å²) in [5, 5.41) is 0.463. The van der Waals surface area contributed by atoms with Gasteiger partial charge in [0.25, 0.3) is 5.56 Å². The number of rotatable bonds is 4. The molecule has 0 amide bonds. The Hall–Kier alpha value is -2.78. The molecule has 0 fully saturated rings. The lowest BCUT2D eigenvalue weighted by atomic mass is 10.1. The van der Waals surface area contributed by atoms with Gasteiger partial charge in [0.15, 0.2) is 0 Å². The Bertz CT molecular complexity index is 1140. The van der Waals surface area contributed by atoms with Gasteiger partial charge in [0.2, 0.25) is 5.82 Å². The fourth-order valence-corrected chi connectivity index (χ4v) is 3.67. The number of halogens is 4. The Kier molecular flexibility index (Phi) is 5.33. The van der Waals surface area contributed by atoms with E-state index in [1.165, 1.54) is 7.11 Å². The van der Waals surface area contributed by atoms with Gasteiger partial charge in [-0.2, -0.15) is 13.2 Å². The van der Waals surface area contributed by atoms with Crippen molar-refractivity contribution >= 4 is 11.6 Å². The first-order chi connectivity index (χ1) is 14.2. The van der Waals surface area contributed by atoms with Crippen LogP contribution in [0, 0.1) is 0 Å². The summed E-state index contributed by atoms with van der Waals surface area (Å²) in [7, 11) is 1.53. The van der Waals surface area contributed by atoms with Crippen molar-refractivity contribution in [3.05, 3.63) is 68.6 Å². The van der Waals surface area contributed by atoms with Gasteiger partial charge in [-0.3, -0.25) is 9.69 Å². The van der Waals surface area contributed by atoms with Crippen molar-refractivity contribution in [3.8, 4) is 17.1 Å². The molecule has 1 N–H and O–H groups in total. The van der Waals surface area contributed by atoms with Gasteiger partial charge in [0.05, 0.1) is 29.9 Å². The predicted octanol–water partition coefficient (Wildman–Crippen LogP) is 4.27. The minimum atomic E-state index is -4.68. The minimum Gasteiger partial charge on any atom is -0.495 e.